The minimum Gasteiger partial charge on any atom is -0.396 e. The molecule has 0 spiro atoms. The quantitative estimate of drug-likeness (QED) is 0.114. The molecule has 2 unspecified atom stereocenters. The van der Waals surface area contributed by atoms with Crippen molar-refractivity contribution in [3.05, 3.63) is 101 Å². The van der Waals surface area contributed by atoms with Gasteiger partial charge in [-0.15, -0.1) is 0 Å². The van der Waals surface area contributed by atoms with Crippen LogP contribution in [0.3, 0.4) is 0 Å². The fourth-order valence-corrected chi connectivity index (χ4v) is 3.29. The number of carbonyl (C=O) groups excluding carboxylic acids is 1. The summed E-state index contributed by atoms with van der Waals surface area (Å²) in [6, 6.07) is 4.22. The Bertz CT molecular complexity index is 960. The maximum absolute atomic E-state index is 14.9. The number of hydrogen-bond donors (Lipinski definition) is 1. The number of methoxy groups -OCH3 is 1. The van der Waals surface area contributed by atoms with Crippen molar-refractivity contribution in [1.29, 1.82) is 0 Å². The van der Waals surface area contributed by atoms with Gasteiger partial charge in [-0.1, -0.05) is 85.1 Å². The van der Waals surface area contributed by atoms with Gasteiger partial charge in [0.25, 0.3) is 0 Å². The van der Waals surface area contributed by atoms with Crippen LogP contribution in [0.5, 0.6) is 0 Å². The Labute approximate surface area is 232 Å². The molecule has 0 saturated heterocycles. The van der Waals surface area contributed by atoms with Gasteiger partial charge in [0.1, 0.15) is 12.1 Å². The zero-order valence-corrected chi connectivity index (χ0v) is 25.1. The third kappa shape index (κ3) is 14.8. The highest BCUT2D eigenvalue weighted by atomic mass is 19.1. The second-order valence-electron chi connectivity index (χ2n) is 9.04. The highest BCUT2D eigenvalue weighted by Crippen LogP contribution is 2.27. The van der Waals surface area contributed by atoms with Crippen LogP contribution in [0.2, 0.25) is 0 Å². The van der Waals surface area contributed by atoms with E-state index in [-0.39, 0.29) is 18.4 Å². The van der Waals surface area contributed by atoms with Crippen LogP contribution in [0.25, 0.3) is 6.08 Å². The Morgan fingerprint density at radius 3 is 2.26 bits per heavy atom. The molecule has 1 rings (SSSR count). The lowest BCUT2D eigenvalue weighted by atomic mass is 9.94. The molecule has 212 valence electrons. The number of aliphatic hydroxyl groups is 1. The lowest BCUT2D eigenvalue weighted by Crippen LogP contribution is -2.01. The Morgan fingerprint density at radius 2 is 1.76 bits per heavy atom. The van der Waals surface area contributed by atoms with E-state index in [2.05, 4.69) is 57.9 Å². The first kappa shape index (κ1) is 37.3. The zero-order valence-electron chi connectivity index (χ0n) is 25.1. The molecular weight excluding hydrogens is 475 g/mol. The van der Waals surface area contributed by atoms with Gasteiger partial charge in [-0.25, -0.2) is 4.39 Å². The lowest BCUT2D eigenvalue weighted by molar-refractivity contribution is -0.104. The number of carbonyl (C=O) groups is 1. The minimum absolute atomic E-state index is 0.0668. The maximum atomic E-state index is 14.9. The van der Waals surface area contributed by atoms with Gasteiger partial charge in [0.2, 0.25) is 0 Å². The molecule has 0 heterocycles. The van der Waals surface area contributed by atoms with Crippen LogP contribution in [-0.2, 0) is 22.6 Å². The summed E-state index contributed by atoms with van der Waals surface area (Å²) in [7, 11) is 1.67. The SMILES string of the molecule is C=C(/C(C)=C/c1cc(COC)c(CCCO)cc1C)/C(F)=C\C(=C)C(C)/C=C\C(C)CC.C=CC=O.CC. The first-order chi connectivity index (χ1) is 18.1. The molecule has 1 aromatic rings. The molecule has 2 atom stereocenters. The summed E-state index contributed by atoms with van der Waals surface area (Å²) in [4.78, 5) is 9.06. The van der Waals surface area contributed by atoms with E-state index >= 15 is 0 Å². The summed E-state index contributed by atoms with van der Waals surface area (Å²) in [6.45, 7) is 26.0. The molecule has 0 amide bonds. The van der Waals surface area contributed by atoms with Crippen LogP contribution in [0.15, 0.2) is 78.7 Å². The molecule has 1 N–H and O–H groups in total. The Kier molecular flexibility index (Phi) is 21.8. The largest absolute Gasteiger partial charge is 0.396 e. The molecule has 0 aliphatic heterocycles. The maximum Gasteiger partial charge on any atom is 0.142 e. The second-order valence-corrected chi connectivity index (χ2v) is 9.04. The molecule has 0 aliphatic carbocycles. The van der Waals surface area contributed by atoms with Gasteiger partial charge in [0.05, 0.1) is 6.61 Å². The standard InChI is InChI=1S/C29H41FO2.C3H4O.C2H6/c1-9-20(2)12-13-21(3)22(4)17-29(30)25(7)23(5)15-27-18-28(19-32-8)26(11-10-14-31)16-24(27)6;1-2-3-4;1-2/h12-13,15-18,20-21,31H,4,7,9-11,14,19H2,1-3,5-6,8H3;2-3H,1H2;1-2H3/b13-12-,23-15+,29-17+;;. The first-order valence-electron chi connectivity index (χ1n) is 13.5. The average molecular weight is 527 g/mol. The van der Waals surface area contributed by atoms with E-state index in [1.807, 2.05) is 40.7 Å². The summed E-state index contributed by atoms with van der Waals surface area (Å²) < 4.78 is 20.3. The van der Waals surface area contributed by atoms with Crippen molar-refractivity contribution in [2.24, 2.45) is 11.8 Å². The van der Waals surface area contributed by atoms with Gasteiger partial charge in [0, 0.05) is 19.3 Å². The van der Waals surface area contributed by atoms with Crippen molar-refractivity contribution in [3.8, 4) is 0 Å². The van der Waals surface area contributed by atoms with Gasteiger partial charge >= 0.3 is 0 Å². The van der Waals surface area contributed by atoms with Crippen LogP contribution in [0, 0.1) is 18.8 Å². The van der Waals surface area contributed by atoms with Crippen LogP contribution in [0.4, 0.5) is 4.39 Å². The van der Waals surface area contributed by atoms with Crippen molar-refractivity contribution >= 4 is 12.4 Å². The summed E-state index contributed by atoms with van der Waals surface area (Å²) in [5, 5.41) is 9.17. The fraction of sp³-hybridized carbons (Fsp3) is 0.441. The predicted octanol–water partition coefficient (Wildman–Crippen LogP) is 9.07. The van der Waals surface area contributed by atoms with Crippen LogP contribution in [-0.4, -0.2) is 25.1 Å². The molecule has 0 bridgehead atoms. The van der Waals surface area contributed by atoms with Gasteiger partial charge < -0.3 is 9.84 Å². The average Bonchev–Trinajstić information content (AvgIpc) is 2.92. The Morgan fingerprint density at radius 1 is 1.16 bits per heavy atom. The molecule has 0 saturated carbocycles. The molecule has 3 nitrogen and oxygen atoms in total. The van der Waals surface area contributed by atoms with Gasteiger partial charge in [-0.2, -0.15) is 0 Å². The molecule has 0 aliphatic rings. The van der Waals surface area contributed by atoms with Gasteiger partial charge in [0.15, 0.2) is 0 Å². The van der Waals surface area contributed by atoms with Gasteiger partial charge in [-0.3, -0.25) is 4.79 Å². The fourth-order valence-electron chi connectivity index (χ4n) is 3.29. The number of benzene rings is 1. The number of aryl methyl sites for hydroxylation is 2. The highest BCUT2D eigenvalue weighted by molar-refractivity contribution is 5.64. The zero-order chi connectivity index (χ0) is 29.7. The summed E-state index contributed by atoms with van der Waals surface area (Å²) >= 11 is 0. The van der Waals surface area contributed by atoms with E-state index in [4.69, 9.17) is 14.6 Å². The third-order valence-corrected chi connectivity index (χ3v) is 5.99. The van der Waals surface area contributed by atoms with Crippen LogP contribution < -0.4 is 0 Å². The lowest BCUT2D eigenvalue weighted by Gasteiger charge is -2.14. The van der Waals surface area contributed by atoms with Crippen LogP contribution in [0.1, 0.15) is 76.6 Å². The van der Waals surface area contributed by atoms with E-state index in [0.29, 0.717) is 30.8 Å². The van der Waals surface area contributed by atoms with Crippen molar-refractivity contribution in [2.75, 3.05) is 13.7 Å². The number of hydrogen-bond acceptors (Lipinski definition) is 3. The van der Waals surface area contributed by atoms with Crippen molar-refractivity contribution in [3.63, 3.8) is 0 Å². The van der Waals surface area contributed by atoms with E-state index in [0.717, 1.165) is 40.7 Å². The van der Waals surface area contributed by atoms with E-state index in [9.17, 15) is 4.39 Å². The summed E-state index contributed by atoms with van der Waals surface area (Å²) in [6.07, 6.45) is 12.1. The molecule has 38 heavy (non-hydrogen) atoms. The Hall–Kier alpha value is -2.82. The summed E-state index contributed by atoms with van der Waals surface area (Å²) in [5.74, 6) is 0.208. The number of aliphatic hydroxyl groups excluding tert-OH is 1. The first-order valence-corrected chi connectivity index (χ1v) is 13.5. The van der Waals surface area contributed by atoms with Crippen LogP contribution >= 0.6 is 0 Å². The molecular formula is C34H51FO3. The van der Waals surface area contributed by atoms with Crippen molar-refractivity contribution in [2.45, 2.75) is 74.3 Å². The molecule has 4 heteroatoms. The smallest absolute Gasteiger partial charge is 0.142 e. The summed E-state index contributed by atoms with van der Waals surface area (Å²) in [5.41, 5.74) is 6.23. The number of allylic oxidation sites excluding steroid dienone is 8. The van der Waals surface area contributed by atoms with E-state index in [1.165, 1.54) is 17.7 Å². The number of aldehydes is 1. The third-order valence-electron chi connectivity index (χ3n) is 5.99. The number of rotatable bonds is 14. The normalized spacial score (nSPS) is 13.0. The van der Waals surface area contributed by atoms with E-state index in [1.54, 1.807) is 7.11 Å². The molecule has 0 aromatic heterocycles. The number of halogens is 1. The van der Waals surface area contributed by atoms with Gasteiger partial charge in [-0.05, 0) is 90.1 Å². The molecule has 0 fully saturated rings. The minimum atomic E-state index is -0.359. The predicted molar refractivity (Wildman–Crippen MR) is 164 cm³/mol. The topological polar surface area (TPSA) is 46.5 Å². The van der Waals surface area contributed by atoms with E-state index < -0.39 is 0 Å². The van der Waals surface area contributed by atoms with Crippen molar-refractivity contribution < 1.29 is 19.0 Å². The van der Waals surface area contributed by atoms with Crippen molar-refractivity contribution in [1.82, 2.24) is 0 Å². The monoisotopic (exact) mass is 526 g/mol. The molecule has 1 aromatic carbocycles. The Balaban J connectivity index is 0. The number of ether oxygens (including phenoxy) is 1. The molecule has 0 radical (unpaired) electrons. The second kappa shape index (κ2) is 22.2. The highest BCUT2D eigenvalue weighted by Gasteiger charge is 2.11.